The minimum atomic E-state index is -3.16. The molecule has 0 spiro atoms. The Balaban J connectivity index is 3.36. The van der Waals surface area contributed by atoms with Gasteiger partial charge in [-0.2, -0.15) is 0 Å². The Bertz CT molecular complexity index is 549. The zero-order valence-electron chi connectivity index (χ0n) is 9.73. The quantitative estimate of drug-likeness (QED) is 0.808. The van der Waals surface area contributed by atoms with Gasteiger partial charge in [-0.1, -0.05) is 12.4 Å². The predicted octanol–water partition coefficient (Wildman–Crippen LogP) is 0.906. The third-order valence-electron chi connectivity index (χ3n) is 2.55. The number of aromatic carboxylic acids is 1. The van der Waals surface area contributed by atoms with Crippen LogP contribution in [0.25, 0.3) is 0 Å². The van der Waals surface area contributed by atoms with Gasteiger partial charge in [0.1, 0.15) is 0 Å². The second-order valence-corrected chi connectivity index (χ2v) is 6.10. The van der Waals surface area contributed by atoms with E-state index in [1.807, 2.05) is 0 Å². The standard InChI is InChI=1S/C11H13BO4S/c1-7-9(11(13)14)4-3-8(10(7)5-12)6-17(2,15)16/h3-4H,5-6H2,1-2H3,(H,13,14). The van der Waals surface area contributed by atoms with E-state index in [1.165, 1.54) is 12.1 Å². The first-order chi connectivity index (χ1) is 7.76. The van der Waals surface area contributed by atoms with Crippen molar-refractivity contribution >= 4 is 23.7 Å². The van der Waals surface area contributed by atoms with E-state index in [4.69, 9.17) is 13.0 Å². The van der Waals surface area contributed by atoms with Gasteiger partial charge in [-0.05, 0) is 29.7 Å². The number of carboxylic acid groups (broad SMARTS) is 1. The smallest absolute Gasteiger partial charge is 0.335 e. The average molecular weight is 252 g/mol. The molecule has 0 fully saturated rings. The van der Waals surface area contributed by atoms with Gasteiger partial charge in [0.05, 0.1) is 19.2 Å². The van der Waals surface area contributed by atoms with E-state index < -0.39 is 15.8 Å². The maximum absolute atomic E-state index is 11.2. The van der Waals surface area contributed by atoms with Crippen molar-refractivity contribution < 1.29 is 18.3 Å². The van der Waals surface area contributed by atoms with Crippen LogP contribution in [0.3, 0.4) is 0 Å². The van der Waals surface area contributed by atoms with Crippen LogP contribution in [0, 0.1) is 6.92 Å². The molecule has 0 aliphatic rings. The monoisotopic (exact) mass is 252 g/mol. The van der Waals surface area contributed by atoms with Crippen molar-refractivity contribution in [1.29, 1.82) is 0 Å². The van der Waals surface area contributed by atoms with Gasteiger partial charge in [0.2, 0.25) is 0 Å². The van der Waals surface area contributed by atoms with Crippen LogP contribution >= 0.6 is 0 Å². The van der Waals surface area contributed by atoms with Crippen LogP contribution in [-0.4, -0.2) is 33.6 Å². The van der Waals surface area contributed by atoms with Gasteiger partial charge in [-0.25, -0.2) is 13.2 Å². The summed E-state index contributed by atoms with van der Waals surface area (Å²) in [6, 6.07) is 2.93. The molecular weight excluding hydrogens is 239 g/mol. The highest BCUT2D eigenvalue weighted by Gasteiger charge is 2.15. The summed E-state index contributed by atoms with van der Waals surface area (Å²) in [4.78, 5) is 10.9. The molecule has 6 heteroatoms. The highest BCUT2D eigenvalue weighted by molar-refractivity contribution is 7.89. The third kappa shape index (κ3) is 3.33. The maximum atomic E-state index is 11.2. The normalized spacial score (nSPS) is 11.4. The van der Waals surface area contributed by atoms with Crippen molar-refractivity contribution in [3.63, 3.8) is 0 Å². The van der Waals surface area contributed by atoms with E-state index >= 15 is 0 Å². The van der Waals surface area contributed by atoms with Crippen molar-refractivity contribution in [2.45, 2.75) is 19.0 Å². The number of hydrogen-bond donors (Lipinski definition) is 1. The lowest BCUT2D eigenvalue weighted by atomic mass is 9.88. The van der Waals surface area contributed by atoms with Gasteiger partial charge in [0.25, 0.3) is 0 Å². The molecule has 0 saturated heterocycles. The molecule has 0 aliphatic heterocycles. The molecule has 4 nitrogen and oxygen atoms in total. The van der Waals surface area contributed by atoms with Crippen LogP contribution in [0.2, 0.25) is 0 Å². The molecule has 0 atom stereocenters. The average Bonchev–Trinajstić information content (AvgIpc) is 2.15. The van der Waals surface area contributed by atoms with Gasteiger partial charge in [-0.3, -0.25) is 0 Å². The van der Waals surface area contributed by atoms with Crippen molar-refractivity contribution in [3.8, 4) is 0 Å². The SMILES string of the molecule is [B]Cc1c(CS(C)(=O)=O)ccc(C(=O)O)c1C. The maximum Gasteiger partial charge on any atom is 0.335 e. The molecule has 0 heterocycles. The fourth-order valence-electron chi connectivity index (χ4n) is 1.75. The zero-order valence-corrected chi connectivity index (χ0v) is 10.5. The van der Waals surface area contributed by atoms with E-state index in [1.54, 1.807) is 6.92 Å². The topological polar surface area (TPSA) is 71.4 Å². The molecule has 1 aromatic carbocycles. The number of benzene rings is 1. The van der Waals surface area contributed by atoms with E-state index in [-0.39, 0.29) is 17.6 Å². The first-order valence-corrected chi connectivity index (χ1v) is 7.04. The summed E-state index contributed by atoms with van der Waals surface area (Å²) < 4.78 is 22.5. The Labute approximate surface area is 102 Å². The van der Waals surface area contributed by atoms with Crippen LogP contribution < -0.4 is 0 Å². The van der Waals surface area contributed by atoms with E-state index in [9.17, 15) is 13.2 Å². The van der Waals surface area contributed by atoms with Crippen LogP contribution in [-0.2, 0) is 21.9 Å². The summed E-state index contributed by atoms with van der Waals surface area (Å²) in [5.41, 5.74) is 1.84. The zero-order chi connectivity index (χ0) is 13.2. The molecule has 17 heavy (non-hydrogen) atoms. The van der Waals surface area contributed by atoms with Crippen LogP contribution in [0.5, 0.6) is 0 Å². The Morgan fingerprint density at radius 2 is 2.00 bits per heavy atom. The summed E-state index contributed by atoms with van der Waals surface area (Å²) in [7, 11) is 2.39. The molecule has 0 amide bonds. The molecule has 1 aromatic rings. The van der Waals surface area contributed by atoms with Crippen molar-refractivity contribution in [2.75, 3.05) is 6.26 Å². The highest BCUT2D eigenvalue weighted by Crippen LogP contribution is 2.20. The van der Waals surface area contributed by atoms with Gasteiger partial charge in [0.15, 0.2) is 9.84 Å². The Morgan fingerprint density at radius 1 is 1.41 bits per heavy atom. The van der Waals surface area contributed by atoms with E-state index in [0.717, 1.165) is 6.26 Å². The van der Waals surface area contributed by atoms with Crippen LogP contribution in [0.1, 0.15) is 27.0 Å². The Hall–Kier alpha value is -1.30. The second kappa shape index (κ2) is 4.92. The van der Waals surface area contributed by atoms with Crippen LogP contribution in [0.15, 0.2) is 12.1 Å². The summed E-state index contributed by atoms with van der Waals surface area (Å²) in [6.45, 7) is 1.64. The number of carboxylic acids is 1. The molecule has 0 unspecified atom stereocenters. The highest BCUT2D eigenvalue weighted by atomic mass is 32.2. The number of hydrogen-bond acceptors (Lipinski definition) is 3. The van der Waals surface area contributed by atoms with E-state index in [0.29, 0.717) is 16.7 Å². The largest absolute Gasteiger partial charge is 0.478 e. The van der Waals surface area contributed by atoms with E-state index in [2.05, 4.69) is 0 Å². The third-order valence-corrected chi connectivity index (χ3v) is 3.38. The molecule has 0 bridgehead atoms. The molecule has 0 saturated carbocycles. The molecule has 2 radical (unpaired) electrons. The van der Waals surface area contributed by atoms with Crippen molar-refractivity contribution in [2.24, 2.45) is 0 Å². The van der Waals surface area contributed by atoms with Crippen molar-refractivity contribution in [3.05, 3.63) is 34.4 Å². The van der Waals surface area contributed by atoms with Gasteiger partial charge >= 0.3 is 5.97 Å². The molecule has 1 N–H and O–H groups in total. The summed E-state index contributed by atoms with van der Waals surface area (Å²) in [5, 5.41) is 8.95. The lowest BCUT2D eigenvalue weighted by Gasteiger charge is -2.12. The number of sulfone groups is 1. The fourth-order valence-corrected chi connectivity index (χ4v) is 2.58. The lowest BCUT2D eigenvalue weighted by Crippen LogP contribution is -2.09. The molecule has 0 aliphatic carbocycles. The number of carbonyl (C=O) groups is 1. The minimum Gasteiger partial charge on any atom is -0.478 e. The van der Waals surface area contributed by atoms with Gasteiger partial charge in [-0.15, -0.1) is 0 Å². The minimum absolute atomic E-state index is 0.123. The Kier molecular flexibility index (Phi) is 3.98. The first kappa shape index (κ1) is 13.8. The number of rotatable bonds is 4. The molecule has 1 rings (SSSR count). The second-order valence-electron chi connectivity index (χ2n) is 3.96. The lowest BCUT2D eigenvalue weighted by molar-refractivity contribution is 0.0696. The molecule has 0 aromatic heterocycles. The fraction of sp³-hybridized carbons (Fsp3) is 0.364. The summed E-state index contributed by atoms with van der Waals surface area (Å²) in [5.74, 6) is -1.16. The summed E-state index contributed by atoms with van der Waals surface area (Å²) >= 11 is 0. The van der Waals surface area contributed by atoms with Crippen molar-refractivity contribution in [1.82, 2.24) is 0 Å². The predicted molar refractivity (Wildman–Crippen MR) is 66.1 cm³/mol. The van der Waals surface area contributed by atoms with Gasteiger partial charge < -0.3 is 5.11 Å². The molecular formula is C11H13BO4S. The Morgan fingerprint density at radius 3 is 2.41 bits per heavy atom. The first-order valence-electron chi connectivity index (χ1n) is 4.98. The van der Waals surface area contributed by atoms with Gasteiger partial charge in [0, 0.05) is 6.26 Å². The summed E-state index contributed by atoms with van der Waals surface area (Å²) in [6.07, 6.45) is 1.26. The van der Waals surface area contributed by atoms with Crippen LogP contribution in [0.4, 0.5) is 0 Å². The molecule has 90 valence electrons.